The molecule has 0 aliphatic rings. The number of fused-ring (bicyclic) bond motifs is 1. The van der Waals surface area contributed by atoms with Crippen molar-refractivity contribution >= 4 is 5.65 Å². The molecule has 0 N–H and O–H groups in total. The fourth-order valence-electron chi connectivity index (χ4n) is 3.01. The quantitative estimate of drug-likeness (QED) is 0.459. The van der Waals surface area contributed by atoms with Crippen LogP contribution >= 0.6 is 0 Å². The molecule has 0 spiro atoms. The molecular weight excluding hydrogens is 368 g/mol. The van der Waals surface area contributed by atoms with Crippen molar-refractivity contribution in [2.75, 3.05) is 0 Å². The summed E-state index contributed by atoms with van der Waals surface area (Å²) in [7, 11) is 1.82. The minimum Gasteiger partial charge on any atom is -0.468 e. The van der Waals surface area contributed by atoms with Gasteiger partial charge in [-0.15, -0.1) is 15.3 Å². The zero-order valence-electron chi connectivity index (χ0n) is 15.5. The summed E-state index contributed by atoms with van der Waals surface area (Å²) in [4.78, 5) is 8.37. The second-order valence-corrected chi connectivity index (χ2v) is 6.35. The first-order valence-corrected chi connectivity index (χ1v) is 8.97. The summed E-state index contributed by atoms with van der Waals surface area (Å²) in [6, 6.07) is 15.6. The first-order valence-electron chi connectivity index (χ1n) is 8.97. The number of hydrogen-bond donors (Lipinski definition) is 0. The van der Waals surface area contributed by atoms with E-state index in [1.165, 1.54) is 6.33 Å². The van der Waals surface area contributed by atoms with Crippen molar-refractivity contribution in [2.45, 2.75) is 6.61 Å². The van der Waals surface area contributed by atoms with Gasteiger partial charge in [0.1, 0.15) is 12.9 Å². The van der Waals surface area contributed by atoms with Crippen molar-refractivity contribution in [1.82, 2.24) is 39.6 Å². The van der Waals surface area contributed by atoms with E-state index >= 15 is 0 Å². The first kappa shape index (κ1) is 17.0. The van der Waals surface area contributed by atoms with Crippen molar-refractivity contribution in [2.24, 2.45) is 7.05 Å². The average molecular weight is 384 g/mol. The third-order valence-electron chi connectivity index (χ3n) is 4.51. The van der Waals surface area contributed by atoms with Gasteiger partial charge in [0.25, 0.3) is 0 Å². The zero-order valence-corrected chi connectivity index (χ0v) is 15.5. The minimum absolute atomic E-state index is 0.235. The molecule has 0 unspecified atom stereocenters. The van der Waals surface area contributed by atoms with E-state index in [9.17, 15) is 0 Å². The number of ether oxygens (including phenoxy) is 1. The molecule has 29 heavy (non-hydrogen) atoms. The maximum Gasteiger partial charge on any atom is 0.240 e. The number of aromatic nitrogens is 8. The number of nitrogens with zero attached hydrogens (tertiary/aromatic N) is 8. The Labute approximate surface area is 165 Å². The Balaban J connectivity index is 1.63. The number of rotatable bonds is 5. The Morgan fingerprint density at radius 1 is 1.00 bits per heavy atom. The Morgan fingerprint density at radius 3 is 2.62 bits per heavy atom. The van der Waals surface area contributed by atoms with E-state index in [2.05, 4.69) is 25.3 Å². The van der Waals surface area contributed by atoms with Crippen molar-refractivity contribution in [3.8, 4) is 28.4 Å². The van der Waals surface area contributed by atoms with E-state index < -0.39 is 0 Å². The molecule has 0 atom stereocenters. The summed E-state index contributed by atoms with van der Waals surface area (Å²) in [6.07, 6.45) is 4.93. The summed E-state index contributed by atoms with van der Waals surface area (Å²) < 4.78 is 9.39. The molecule has 142 valence electrons. The lowest BCUT2D eigenvalue weighted by atomic mass is 10.1. The SMILES string of the molecule is Cn1ncnc1COc1nn2c(-c3cccnc3)nnc2cc1-c1ccccc1. The summed E-state index contributed by atoms with van der Waals surface area (Å²) in [5.41, 5.74) is 3.24. The molecule has 0 aliphatic carbocycles. The van der Waals surface area contributed by atoms with E-state index in [4.69, 9.17) is 9.84 Å². The van der Waals surface area contributed by atoms with Crippen molar-refractivity contribution in [3.63, 3.8) is 0 Å². The Kier molecular flexibility index (Phi) is 4.17. The molecule has 0 amide bonds. The lowest BCUT2D eigenvalue weighted by molar-refractivity contribution is 0.275. The Morgan fingerprint density at radius 2 is 1.86 bits per heavy atom. The van der Waals surface area contributed by atoms with Gasteiger partial charge in [0, 0.05) is 30.6 Å². The molecule has 0 aliphatic heterocycles. The van der Waals surface area contributed by atoms with Crippen LogP contribution < -0.4 is 4.74 Å². The molecule has 0 saturated heterocycles. The van der Waals surface area contributed by atoms with Gasteiger partial charge < -0.3 is 4.74 Å². The maximum atomic E-state index is 6.06. The fourth-order valence-corrected chi connectivity index (χ4v) is 3.01. The van der Waals surface area contributed by atoms with Gasteiger partial charge in [-0.2, -0.15) is 9.61 Å². The lowest BCUT2D eigenvalue weighted by Crippen LogP contribution is -2.08. The minimum atomic E-state index is 0.235. The predicted molar refractivity (Wildman–Crippen MR) is 105 cm³/mol. The van der Waals surface area contributed by atoms with Crippen molar-refractivity contribution in [3.05, 3.63) is 73.1 Å². The van der Waals surface area contributed by atoms with E-state index in [1.807, 2.05) is 55.6 Å². The second-order valence-electron chi connectivity index (χ2n) is 6.35. The smallest absolute Gasteiger partial charge is 0.240 e. The molecule has 5 aromatic rings. The highest BCUT2D eigenvalue weighted by molar-refractivity contribution is 5.72. The summed E-state index contributed by atoms with van der Waals surface area (Å²) in [5.74, 6) is 1.75. The number of benzene rings is 1. The summed E-state index contributed by atoms with van der Waals surface area (Å²) in [5, 5.41) is 17.4. The third-order valence-corrected chi connectivity index (χ3v) is 4.51. The van der Waals surface area contributed by atoms with Crippen molar-refractivity contribution in [1.29, 1.82) is 0 Å². The standard InChI is InChI=1S/C20H16N8O/c1-27-18(22-13-23-27)12-29-20-16(14-6-3-2-4-7-14)10-17-24-25-19(28(17)26-20)15-8-5-9-21-11-15/h2-11,13H,12H2,1H3. The molecule has 9 heteroatoms. The van der Waals surface area contributed by atoms with Crippen LogP contribution in [0.5, 0.6) is 5.88 Å². The summed E-state index contributed by atoms with van der Waals surface area (Å²) in [6.45, 7) is 0.235. The second kappa shape index (κ2) is 7.12. The molecule has 0 radical (unpaired) electrons. The van der Waals surface area contributed by atoms with E-state index in [0.717, 1.165) is 16.7 Å². The lowest BCUT2D eigenvalue weighted by Gasteiger charge is -2.11. The van der Waals surface area contributed by atoms with Gasteiger partial charge in [-0.05, 0) is 23.8 Å². The number of aryl methyl sites for hydroxylation is 1. The topological polar surface area (TPSA) is 95.9 Å². The molecule has 4 heterocycles. The van der Waals surface area contributed by atoms with Gasteiger partial charge in [-0.1, -0.05) is 30.3 Å². The van der Waals surface area contributed by atoms with Crippen LogP contribution in [0.4, 0.5) is 0 Å². The molecule has 0 fully saturated rings. The maximum absolute atomic E-state index is 6.06. The van der Waals surface area contributed by atoms with E-state index in [-0.39, 0.29) is 6.61 Å². The van der Waals surface area contributed by atoms with Crippen LogP contribution in [0.25, 0.3) is 28.2 Å². The normalized spacial score (nSPS) is 11.1. The monoisotopic (exact) mass is 384 g/mol. The van der Waals surface area contributed by atoms with Gasteiger partial charge in [0.05, 0.1) is 0 Å². The highest BCUT2D eigenvalue weighted by Gasteiger charge is 2.17. The van der Waals surface area contributed by atoms with Gasteiger partial charge in [0.15, 0.2) is 17.3 Å². The predicted octanol–water partition coefficient (Wildman–Crippen LogP) is 2.56. The van der Waals surface area contributed by atoms with Crippen molar-refractivity contribution < 1.29 is 4.74 Å². The van der Waals surface area contributed by atoms with Crippen LogP contribution in [-0.4, -0.2) is 39.6 Å². The fraction of sp³-hybridized carbons (Fsp3) is 0.100. The van der Waals surface area contributed by atoms with Crippen LogP contribution in [-0.2, 0) is 13.7 Å². The number of pyridine rings is 1. The highest BCUT2D eigenvalue weighted by Crippen LogP contribution is 2.30. The highest BCUT2D eigenvalue weighted by atomic mass is 16.5. The van der Waals surface area contributed by atoms with Gasteiger partial charge in [0.2, 0.25) is 5.88 Å². The summed E-state index contributed by atoms with van der Waals surface area (Å²) >= 11 is 0. The molecule has 4 aromatic heterocycles. The van der Waals surface area contributed by atoms with Crippen LogP contribution in [0.15, 0.2) is 67.3 Å². The van der Waals surface area contributed by atoms with Gasteiger partial charge >= 0.3 is 0 Å². The van der Waals surface area contributed by atoms with Crippen LogP contribution in [0, 0.1) is 0 Å². The van der Waals surface area contributed by atoms with E-state index in [0.29, 0.717) is 23.2 Å². The van der Waals surface area contributed by atoms with Crippen LogP contribution in [0.1, 0.15) is 5.82 Å². The van der Waals surface area contributed by atoms with Crippen LogP contribution in [0.3, 0.4) is 0 Å². The molecule has 0 saturated carbocycles. The molecule has 0 bridgehead atoms. The average Bonchev–Trinajstić information content (AvgIpc) is 3.38. The van der Waals surface area contributed by atoms with Gasteiger partial charge in [-0.3, -0.25) is 9.67 Å². The largest absolute Gasteiger partial charge is 0.468 e. The molecule has 5 rings (SSSR count). The first-order chi connectivity index (χ1) is 14.3. The molecule has 1 aromatic carbocycles. The van der Waals surface area contributed by atoms with E-state index in [1.54, 1.807) is 21.6 Å². The Bertz CT molecular complexity index is 1260. The Hall–Kier alpha value is -4.14. The molecule has 9 nitrogen and oxygen atoms in total. The third kappa shape index (κ3) is 3.18. The zero-order chi connectivity index (χ0) is 19.6. The van der Waals surface area contributed by atoms with Crippen LogP contribution in [0.2, 0.25) is 0 Å². The molecular formula is C20H16N8O. The number of hydrogen-bond acceptors (Lipinski definition) is 7. The van der Waals surface area contributed by atoms with Gasteiger partial charge in [-0.25, -0.2) is 4.98 Å².